The number of piperazine rings is 1. The minimum atomic E-state index is -3.70. The Bertz CT molecular complexity index is 752. The molecule has 0 saturated carbocycles. The van der Waals surface area contributed by atoms with E-state index < -0.39 is 19.9 Å². The molecule has 2 N–H and O–H groups in total. The molecule has 11 heteroatoms. The Morgan fingerprint density at radius 1 is 1.08 bits per heavy atom. The number of nitrogens with zero attached hydrogens (tertiary/aromatic N) is 1. The van der Waals surface area contributed by atoms with Crippen LogP contribution in [0.1, 0.15) is 13.3 Å². The summed E-state index contributed by atoms with van der Waals surface area (Å²) in [6, 6.07) is 5.50. The van der Waals surface area contributed by atoms with E-state index in [4.69, 9.17) is 0 Å². The minimum Gasteiger partial charge on any atom is -0.314 e. The molecule has 0 atom stereocenters. The number of sulfone groups is 1. The van der Waals surface area contributed by atoms with Gasteiger partial charge in [-0.3, -0.25) is 0 Å². The minimum absolute atomic E-state index is 0. The molecule has 2 rings (SSSR count). The maximum atomic E-state index is 12.3. The molecule has 0 amide bonds. The lowest BCUT2D eigenvalue weighted by Gasteiger charge is -2.27. The van der Waals surface area contributed by atoms with E-state index in [1.165, 1.54) is 31.2 Å². The van der Waals surface area contributed by atoms with E-state index >= 15 is 0 Å². The largest absolute Gasteiger partial charge is 0.314 e. The third kappa shape index (κ3) is 7.30. The van der Waals surface area contributed by atoms with Gasteiger partial charge in [0.25, 0.3) is 0 Å². The molecule has 0 radical (unpaired) electrons. The zero-order valence-electron chi connectivity index (χ0n) is 14.7. The molecule has 1 aliphatic rings. The van der Waals surface area contributed by atoms with Gasteiger partial charge in [-0.1, -0.05) is 13.0 Å². The van der Waals surface area contributed by atoms with Crippen LogP contribution in [0, 0.1) is 0 Å². The number of halogens is 2. The standard InChI is InChI=1S/C15H25N3O4S2.2ClH/c1-2-23(19,20)14-5-3-6-15(13-14)24(21,22)17-7-4-10-18-11-8-16-9-12-18;;/h3,5-6,13,16-17H,2,4,7-12H2,1H3;2*1H. The van der Waals surface area contributed by atoms with Crippen LogP contribution in [0.3, 0.4) is 0 Å². The second kappa shape index (κ2) is 11.4. The molecule has 0 unspecified atom stereocenters. The normalized spacial score (nSPS) is 15.7. The molecule has 1 aromatic carbocycles. The average molecular weight is 448 g/mol. The van der Waals surface area contributed by atoms with Crippen molar-refractivity contribution in [3.63, 3.8) is 0 Å². The van der Waals surface area contributed by atoms with Crippen LogP contribution in [0.15, 0.2) is 34.1 Å². The Morgan fingerprint density at radius 2 is 1.69 bits per heavy atom. The monoisotopic (exact) mass is 447 g/mol. The Balaban J connectivity index is 0.00000312. The van der Waals surface area contributed by atoms with Crippen LogP contribution in [0.4, 0.5) is 0 Å². The highest BCUT2D eigenvalue weighted by Crippen LogP contribution is 2.16. The highest BCUT2D eigenvalue weighted by Gasteiger charge is 2.18. The third-order valence-electron chi connectivity index (χ3n) is 4.01. The molecule has 26 heavy (non-hydrogen) atoms. The van der Waals surface area contributed by atoms with Crippen molar-refractivity contribution in [2.24, 2.45) is 0 Å². The van der Waals surface area contributed by atoms with Crippen LogP contribution >= 0.6 is 24.8 Å². The van der Waals surface area contributed by atoms with E-state index in [-0.39, 0.29) is 40.4 Å². The molecule has 1 saturated heterocycles. The van der Waals surface area contributed by atoms with Crippen molar-refractivity contribution in [1.29, 1.82) is 0 Å². The van der Waals surface area contributed by atoms with Gasteiger partial charge < -0.3 is 10.2 Å². The predicted octanol–water partition coefficient (Wildman–Crippen LogP) is 0.897. The zero-order chi connectivity index (χ0) is 17.6. The molecule has 0 aliphatic carbocycles. The van der Waals surface area contributed by atoms with Crippen molar-refractivity contribution in [2.45, 2.75) is 23.1 Å². The van der Waals surface area contributed by atoms with Gasteiger partial charge in [-0.15, -0.1) is 24.8 Å². The fourth-order valence-corrected chi connectivity index (χ4v) is 4.65. The Hall–Kier alpha value is -0.420. The van der Waals surface area contributed by atoms with Gasteiger partial charge in [0, 0.05) is 32.7 Å². The van der Waals surface area contributed by atoms with Crippen molar-refractivity contribution >= 4 is 44.7 Å². The van der Waals surface area contributed by atoms with Gasteiger partial charge in [-0.2, -0.15) is 0 Å². The van der Waals surface area contributed by atoms with Crippen LogP contribution in [-0.2, 0) is 19.9 Å². The number of rotatable bonds is 8. The highest BCUT2D eigenvalue weighted by atomic mass is 35.5. The first kappa shape index (κ1) is 25.6. The van der Waals surface area contributed by atoms with Gasteiger partial charge in [0.1, 0.15) is 0 Å². The Labute approximate surface area is 168 Å². The SMILES string of the molecule is CCS(=O)(=O)c1cccc(S(=O)(=O)NCCCN2CCNCC2)c1.Cl.Cl. The lowest BCUT2D eigenvalue weighted by atomic mass is 10.3. The predicted molar refractivity (Wildman–Crippen MR) is 108 cm³/mol. The van der Waals surface area contributed by atoms with E-state index in [1.807, 2.05) is 0 Å². The topological polar surface area (TPSA) is 95.6 Å². The number of hydrogen-bond acceptors (Lipinski definition) is 6. The summed E-state index contributed by atoms with van der Waals surface area (Å²) in [5.41, 5.74) is 0. The maximum absolute atomic E-state index is 12.3. The first-order chi connectivity index (χ1) is 11.3. The van der Waals surface area contributed by atoms with Crippen LogP contribution in [0.25, 0.3) is 0 Å². The summed E-state index contributed by atoms with van der Waals surface area (Å²) in [4.78, 5) is 2.31. The molecule has 1 heterocycles. The molecule has 1 aromatic rings. The van der Waals surface area contributed by atoms with E-state index in [0.717, 1.165) is 32.7 Å². The van der Waals surface area contributed by atoms with Crippen molar-refractivity contribution < 1.29 is 16.8 Å². The van der Waals surface area contributed by atoms with Gasteiger partial charge in [-0.25, -0.2) is 21.6 Å². The van der Waals surface area contributed by atoms with Crippen LogP contribution in [-0.4, -0.2) is 66.8 Å². The lowest BCUT2D eigenvalue weighted by molar-refractivity contribution is 0.239. The number of nitrogens with one attached hydrogen (secondary N) is 2. The van der Waals surface area contributed by atoms with E-state index in [9.17, 15) is 16.8 Å². The van der Waals surface area contributed by atoms with E-state index in [2.05, 4.69) is 14.9 Å². The molecule has 1 fully saturated rings. The maximum Gasteiger partial charge on any atom is 0.240 e. The first-order valence-electron chi connectivity index (χ1n) is 8.11. The van der Waals surface area contributed by atoms with Gasteiger partial charge in [-0.05, 0) is 31.2 Å². The summed E-state index contributed by atoms with van der Waals surface area (Å²) in [5.74, 6) is -0.0609. The van der Waals surface area contributed by atoms with Crippen LogP contribution < -0.4 is 10.0 Å². The zero-order valence-corrected chi connectivity index (χ0v) is 17.9. The fraction of sp³-hybridized carbons (Fsp3) is 0.600. The molecule has 0 aromatic heterocycles. The highest BCUT2D eigenvalue weighted by molar-refractivity contribution is 7.91. The molecule has 0 spiro atoms. The summed E-state index contributed by atoms with van der Waals surface area (Å²) in [6.45, 7) is 6.58. The smallest absolute Gasteiger partial charge is 0.240 e. The lowest BCUT2D eigenvalue weighted by Crippen LogP contribution is -2.44. The summed E-state index contributed by atoms with van der Waals surface area (Å²) in [7, 11) is -7.13. The number of hydrogen-bond donors (Lipinski definition) is 2. The van der Waals surface area contributed by atoms with Crippen LogP contribution in [0.5, 0.6) is 0 Å². The molecular formula is C15H27Cl2N3O4S2. The van der Waals surface area contributed by atoms with Gasteiger partial charge in [0.05, 0.1) is 15.5 Å². The molecular weight excluding hydrogens is 421 g/mol. The van der Waals surface area contributed by atoms with Gasteiger partial charge in [0.2, 0.25) is 10.0 Å². The quantitative estimate of drug-likeness (QED) is 0.574. The van der Waals surface area contributed by atoms with Crippen molar-refractivity contribution in [3.05, 3.63) is 24.3 Å². The van der Waals surface area contributed by atoms with Crippen molar-refractivity contribution in [2.75, 3.05) is 45.0 Å². The summed E-state index contributed by atoms with van der Waals surface area (Å²) < 4.78 is 51.0. The first-order valence-corrected chi connectivity index (χ1v) is 11.2. The molecule has 7 nitrogen and oxygen atoms in total. The van der Waals surface area contributed by atoms with Crippen LogP contribution in [0.2, 0.25) is 0 Å². The second-order valence-corrected chi connectivity index (χ2v) is 9.77. The molecule has 0 bridgehead atoms. The number of benzene rings is 1. The number of sulfonamides is 1. The molecule has 1 aliphatic heterocycles. The second-order valence-electron chi connectivity index (χ2n) is 5.72. The Morgan fingerprint density at radius 3 is 2.31 bits per heavy atom. The fourth-order valence-electron chi connectivity index (χ4n) is 2.53. The van der Waals surface area contributed by atoms with Crippen molar-refractivity contribution in [3.8, 4) is 0 Å². The third-order valence-corrected chi connectivity index (χ3v) is 7.20. The summed E-state index contributed by atoms with van der Waals surface area (Å²) >= 11 is 0. The van der Waals surface area contributed by atoms with Gasteiger partial charge in [0.15, 0.2) is 9.84 Å². The Kier molecular flexibility index (Phi) is 11.2. The summed E-state index contributed by atoms with van der Waals surface area (Å²) in [6.07, 6.45) is 0.714. The average Bonchev–Trinajstić information content (AvgIpc) is 2.60. The van der Waals surface area contributed by atoms with E-state index in [1.54, 1.807) is 0 Å². The molecule has 152 valence electrons. The van der Waals surface area contributed by atoms with E-state index in [0.29, 0.717) is 13.0 Å². The summed E-state index contributed by atoms with van der Waals surface area (Å²) in [5, 5.41) is 3.27. The van der Waals surface area contributed by atoms with Gasteiger partial charge >= 0.3 is 0 Å². The van der Waals surface area contributed by atoms with Crippen molar-refractivity contribution in [1.82, 2.24) is 14.9 Å².